The molecule has 0 saturated heterocycles. The summed E-state index contributed by atoms with van der Waals surface area (Å²) in [7, 11) is 1.79. The highest BCUT2D eigenvalue weighted by Crippen LogP contribution is 2.39. The van der Waals surface area contributed by atoms with E-state index in [0.29, 0.717) is 17.9 Å². The molecule has 124 valence electrons. The van der Waals surface area contributed by atoms with E-state index in [1.54, 1.807) is 25.8 Å². The van der Waals surface area contributed by atoms with E-state index < -0.39 is 11.7 Å². The number of primary amides is 1. The first kappa shape index (κ1) is 17.4. The van der Waals surface area contributed by atoms with Crippen molar-refractivity contribution in [1.82, 2.24) is 0 Å². The second kappa shape index (κ2) is 6.64. The molecule has 0 aromatic heterocycles. The molecular weight excluding hydrogens is 364 g/mol. The van der Waals surface area contributed by atoms with Crippen molar-refractivity contribution in [2.24, 2.45) is 11.7 Å². The monoisotopic (exact) mass is 382 g/mol. The third-order valence-corrected chi connectivity index (χ3v) is 4.18. The summed E-state index contributed by atoms with van der Waals surface area (Å²) >= 11 is 3.41. The van der Waals surface area contributed by atoms with Gasteiger partial charge in [0, 0.05) is 17.4 Å². The number of nitrogens with two attached hydrogens (primary N) is 1. The molecule has 1 aliphatic rings. The summed E-state index contributed by atoms with van der Waals surface area (Å²) in [6.07, 6.45) is -0.457. The topological polar surface area (TPSA) is 81.9 Å². The van der Waals surface area contributed by atoms with Crippen LogP contribution in [0.5, 0.6) is 5.75 Å². The van der Waals surface area contributed by atoms with E-state index in [9.17, 15) is 9.59 Å². The fourth-order valence-corrected chi connectivity index (χ4v) is 3.11. The van der Waals surface area contributed by atoms with Gasteiger partial charge in [-0.25, -0.2) is 9.59 Å². The summed E-state index contributed by atoms with van der Waals surface area (Å²) in [4.78, 5) is 24.3. The van der Waals surface area contributed by atoms with Crippen molar-refractivity contribution >= 4 is 33.7 Å². The maximum absolute atomic E-state index is 11.5. The van der Waals surface area contributed by atoms with Crippen LogP contribution in [0.15, 0.2) is 28.4 Å². The number of amides is 1. The summed E-state index contributed by atoms with van der Waals surface area (Å²) in [6, 6.07) is 5.59. The molecule has 0 unspecified atom stereocenters. The minimum atomic E-state index is -0.846. The minimum Gasteiger partial charge on any atom is -0.491 e. The maximum atomic E-state index is 11.5. The number of fused-ring (bicyclic) bond motifs is 1. The Labute approximate surface area is 143 Å². The van der Waals surface area contributed by atoms with Gasteiger partial charge in [0.15, 0.2) is 0 Å². The molecule has 0 fully saturated rings. The fourth-order valence-electron chi connectivity index (χ4n) is 2.76. The quantitative estimate of drug-likeness (QED) is 0.812. The lowest BCUT2D eigenvalue weighted by Gasteiger charge is -2.30. The molecule has 1 aromatic carbocycles. The number of carbonyl (C=O) groups is 1. The zero-order chi connectivity index (χ0) is 17.2. The number of nitrogens with zero attached hydrogens (tertiary/aromatic N) is 1. The van der Waals surface area contributed by atoms with Crippen LogP contribution in [-0.2, 0) is 9.53 Å². The van der Waals surface area contributed by atoms with Crippen LogP contribution < -0.4 is 15.4 Å². The van der Waals surface area contributed by atoms with E-state index in [1.165, 1.54) is 0 Å². The van der Waals surface area contributed by atoms with Crippen molar-refractivity contribution in [2.75, 3.05) is 18.6 Å². The van der Waals surface area contributed by atoms with Crippen LogP contribution in [-0.4, -0.2) is 31.3 Å². The average Bonchev–Trinajstić information content (AvgIpc) is 2.55. The Bertz CT molecular complexity index is 668. The summed E-state index contributed by atoms with van der Waals surface area (Å²) in [6.45, 7) is 3.78. The number of hydrogen-bond donors (Lipinski definition) is 1. The van der Waals surface area contributed by atoms with Crippen molar-refractivity contribution < 1.29 is 19.1 Å². The number of rotatable bonds is 3. The number of benzene rings is 1. The molecule has 0 saturated carbocycles. The molecule has 0 radical (unpaired) electrons. The normalized spacial score (nSPS) is 17.7. The smallest absolute Gasteiger partial charge is 0.405 e. The van der Waals surface area contributed by atoms with E-state index in [4.69, 9.17) is 15.2 Å². The molecule has 2 rings (SSSR count). The molecule has 0 spiro atoms. The molecule has 6 nitrogen and oxygen atoms in total. The van der Waals surface area contributed by atoms with Crippen molar-refractivity contribution in [3.8, 4) is 5.75 Å². The molecule has 1 amide bonds. The first-order chi connectivity index (χ1) is 10.7. The van der Waals surface area contributed by atoms with Crippen LogP contribution in [0.1, 0.15) is 20.3 Å². The Hall–Kier alpha value is -1.98. The summed E-state index contributed by atoms with van der Waals surface area (Å²) < 4.78 is 11.8. The lowest BCUT2D eigenvalue weighted by atomic mass is 9.91. The molecule has 0 bridgehead atoms. The van der Waals surface area contributed by atoms with Crippen molar-refractivity contribution in [2.45, 2.75) is 25.9 Å². The molecule has 0 aliphatic carbocycles. The highest BCUT2D eigenvalue weighted by Gasteiger charge is 2.34. The highest BCUT2D eigenvalue weighted by molar-refractivity contribution is 9.10. The van der Waals surface area contributed by atoms with E-state index in [0.717, 1.165) is 10.2 Å². The molecule has 1 aromatic rings. The van der Waals surface area contributed by atoms with Gasteiger partial charge < -0.3 is 20.1 Å². The second-order valence-electron chi connectivity index (χ2n) is 6.05. The van der Waals surface area contributed by atoms with Crippen LogP contribution in [0.2, 0.25) is 0 Å². The Morgan fingerprint density at radius 2 is 2.26 bits per heavy atom. The van der Waals surface area contributed by atoms with Crippen LogP contribution in [0.3, 0.4) is 0 Å². The SMILES string of the molecule is CN1C(=C=O)[C@H](CC(C)(C)OC(N)=O)COc2ccc(Br)cc21. The molecule has 1 aliphatic heterocycles. The molecular formula is C16H19BrN2O4. The van der Waals surface area contributed by atoms with Crippen LogP contribution in [0.25, 0.3) is 0 Å². The number of hydrogen-bond acceptors (Lipinski definition) is 5. The van der Waals surface area contributed by atoms with Gasteiger partial charge in [-0.1, -0.05) is 15.9 Å². The Morgan fingerprint density at radius 3 is 2.87 bits per heavy atom. The van der Waals surface area contributed by atoms with Gasteiger partial charge in [-0.3, -0.25) is 0 Å². The summed E-state index contributed by atoms with van der Waals surface area (Å²) in [5.74, 6) is 2.41. The predicted octanol–water partition coefficient (Wildman–Crippen LogP) is 2.87. The predicted molar refractivity (Wildman–Crippen MR) is 90.1 cm³/mol. The number of carbonyl (C=O) groups excluding carboxylic acids is 2. The third kappa shape index (κ3) is 4.06. The van der Waals surface area contributed by atoms with Crippen molar-refractivity contribution in [3.63, 3.8) is 0 Å². The van der Waals surface area contributed by atoms with E-state index >= 15 is 0 Å². The van der Waals surface area contributed by atoms with E-state index in [1.807, 2.05) is 24.1 Å². The average molecular weight is 383 g/mol. The maximum Gasteiger partial charge on any atom is 0.405 e. The Morgan fingerprint density at radius 1 is 1.57 bits per heavy atom. The molecule has 7 heteroatoms. The van der Waals surface area contributed by atoms with Gasteiger partial charge in [0.2, 0.25) is 0 Å². The third-order valence-electron chi connectivity index (χ3n) is 3.69. The van der Waals surface area contributed by atoms with Crippen molar-refractivity contribution in [3.05, 3.63) is 28.4 Å². The number of ether oxygens (including phenoxy) is 2. The Kier molecular flexibility index (Phi) is 5.02. The van der Waals surface area contributed by atoms with Gasteiger partial charge in [0.1, 0.15) is 23.0 Å². The molecule has 23 heavy (non-hydrogen) atoms. The highest BCUT2D eigenvalue weighted by atomic mass is 79.9. The standard InChI is InChI=1S/C16H19BrN2O4/c1-16(2,23-15(18)21)7-10-9-22-14-5-4-11(17)6-12(14)19(3)13(10)8-20/h4-6,10H,7,9H2,1-3H3,(H2,18,21)/t10-/m1/s1. The molecule has 1 heterocycles. The van der Waals surface area contributed by atoms with Gasteiger partial charge in [-0.15, -0.1) is 0 Å². The van der Waals surface area contributed by atoms with Gasteiger partial charge in [0.05, 0.1) is 12.3 Å². The first-order valence-corrected chi connectivity index (χ1v) is 7.92. The van der Waals surface area contributed by atoms with Gasteiger partial charge in [0.25, 0.3) is 0 Å². The zero-order valence-corrected chi connectivity index (χ0v) is 14.8. The van der Waals surface area contributed by atoms with Gasteiger partial charge in [-0.2, -0.15) is 0 Å². The largest absolute Gasteiger partial charge is 0.491 e. The van der Waals surface area contributed by atoms with Crippen molar-refractivity contribution in [1.29, 1.82) is 0 Å². The minimum absolute atomic E-state index is 0.280. The Balaban J connectivity index is 2.31. The summed E-state index contributed by atoms with van der Waals surface area (Å²) in [5.41, 5.74) is 5.50. The lowest BCUT2D eigenvalue weighted by Crippen LogP contribution is -2.36. The van der Waals surface area contributed by atoms with E-state index in [2.05, 4.69) is 15.9 Å². The van der Waals surface area contributed by atoms with E-state index in [-0.39, 0.29) is 12.5 Å². The van der Waals surface area contributed by atoms with Crippen LogP contribution >= 0.6 is 15.9 Å². The molecule has 2 N–H and O–H groups in total. The molecule has 1 atom stereocenters. The fraction of sp³-hybridized carbons (Fsp3) is 0.438. The number of anilines is 1. The first-order valence-electron chi connectivity index (χ1n) is 7.13. The van der Waals surface area contributed by atoms with Gasteiger partial charge >= 0.3 is 6.09 Å². The van der Waals surface area contributed by atoms with Crippen LogP contribution in [0.4, 0.5) is 10.5 Å². The van der Waals surface area contributed by atoms with Crippen LogP contribution in [0, 0.1) is 5.92 Å². The lowest BCUT2D eigenvalue weighted by molar-refractivity contribution is 0.0253. The summed E-state index contributed by atoms with van der Waals surface area (Å²) in [5, 5.41) is 0. The van der Waals surface area contributed by atoms with Gasteiger partial charge in [-0.05, 0) is 38.5 Å². The second-order valence-corrected chi connectivity index (χ2v) is 6.97. The zero-order valence-electron chi connectivity index (χ0n) is 13.3. The number of halogens is 1.